The van der Waals surface area contributed by atoms with Crippen molar-refractivity contribution in [2.24, 2.45) is 17.8 Å². The van der Waals surface area contributed by atoms with Crippen LogP contribution >= 0.6 is 0 Å². The first-order valence-corrected chi connectivity index (χ1v) is 20.7. The molecule has 0 aliphatic carbocycles. The van der Waals surface area contributed by atoms with E-state index in [0.29, 0.717) is 44.4 Å². The number of rotatable bonds is 4. The highest BCUT2D eigenvalue weighted by Gasteiger charge is 2.66. The highest BCUT2D eigenvalue weighted by atomic mass is 16.7. The Morgan fingerprint density at radius 2 is 1.58 bits per heavy atom. The van der Waals surface area contributed by atoms with Crippen LogP contribution in [0.1, 0.15) is 111 Å². The predicted octanol–water partition coefficient (Wildman–Crippen LogP) is 5.12. The summed E-state index contributed by atoms with van der Waals surface area (Å²) in [7, 11) is 1.72. The zero-order valence-electron chi connectivity index (χ0n) is 32.3. The van der Waals surface area contributed by atoms with Gasteiger partial charge in [0, 0.05) is 45.6 Å². The van der Waals surface area contributed by atoms with E-state index in [-0.39, 0.29) is 91.4 Å². The Morgan fingerprint density at radius 1 is 0.830 bits per heavy atom. The van der Waals surface area contributed by atoms with Gasteiger partial charge in [0.15, 0.2) is 5.79 Å². The minimum absolute atomic E-state index is 0.00813. The van der Waals surface area contributed by atoms with Crippen LogP contribution < -0.4 is 0 Å². The number of carbonyl (C=O) groups excluding carboxylic acids is 1. The summed E-state index contributed by atoms with van der Waals surface area (Å²) >= 11 is 0. The maximum Gasteiger partial charge on any atom is 0.169 e. The number of Topliss-reactive ketones (excluding diaryl/α,β-unsaturated/α-hetero) is 1. The Labute approximate surface area is 315 Å². The van der Waals surface area contributed by atoms with E-state index in [1.54, 1.807) is 7.11 Å². The summed E-state index contributed by atoms with van der Waals surface area (Å²) in [4.78, 5) is 14.1. The first-order valence-electron chi connectivity index (χ1n) is 20.7. The number of carbonyl (C=O) groups is 1. The number of hydrogen-bond donors (Lipinski definition) is 2. The molecule has 3 unspecified atom stereocenters. The molecule has 0 radical (unpaired) electrons. The topological polar surface area (TPSA) is 131 Å². The molecule has 0 aromatic heterocycles. The molecule has 8 aliphatic heterocycles. The molecular formula is C42H64O11. The molecule has 0 amide bonds. The first-order chi connectivity index (χ1) is 25.4. The number of hydrogen-bond acceptors (Lipinski definition) is 11. The summed E-state index contributed by atoms with van der Waals surface area (Å²) in [6, 6.07) is 0. The van der Waals surface area contributed by atoms with Crippen molar-refractivity contribution in [3.8, 4) is 0 Å². The second-order valence-electron chi connectivity index (χ2n) is 18.1. The Balaban J connectivity index is 1.07. The maximum atomic E-state index is 14.1. The van der Waals surface area contributed by atoms with Crippen LogP contribution in [0.2, 0.25) is 0 Å². The van der Waals surface area contributed by atoms with Crippen LogP contribution in [0.15, 0.2) is 24.3 Å². The van der Waals surface area contributed by atoms with Crippen LogP contribution in [0.25, 0.3) is 0 Å². The van der Waals surface area contributed by atoms with E-state index in [1.807, 2.05) is 0 Å². The predicted molar refractivity (Wildman–Crippen MR) is 194 cm³/mol. The van der Waals surface area contributed by atoms with E-state index in [0.717, 1.165) is 62.5 Å². The lowest BCUT2D eigenvalue weighted by Gasteiger charge is -2.54. The van der Waals surface area contributed by atoms with Crippen molar-refractivity contribution in [1.82, 2.24) is 0 Å². The molecule has 8 fully saturated rings. The van der Waals surface area contributed by atoms with Gasteiger partial charge < -0.3 is 48.1 Å². The Hall–Kier alpha value is -1.25. The normalized spacial score (nSPS) is 51.1. The number of ketones is 1. The highest BCUT2D eigenvalue weighted by molar-refractivity contribution is 5.79. The summed E-state index contributed by atoms with van der Waals surface area (Å²) in [5.74, 6) is -0.416. The first kappa shape index (κ1) is 38.6. The molecule has 0 saturated carbocycles. The molecule has 2 N–H and O–H groups in total. The molecule has 8 aliphatic rings. The van der Waals surface area contributed by atoms with Gasteiger partial charge in [0.1, 0.15) is 29.7 Å². The van der Waals surface area contributed by atoms with Crippen molar-refractivity contribution in [3.05, 3.63) is 24.3 Å². The molecule has 8 heterocycles. The van der Waals surface area contributed by atoms with Gasteiger partial charge in [-0.2, -0.15) is 0 Å². The molecule has 0 aromatic carbocycles. The van der Waals surface area contributed by atoms with Gasteiger partial charge in [-0.15, -0.1) is 0 Å². The van der Waals surface area contributed by atoms with Crippen LogP contribution in [-0.4, -0.2) is 120 Å². The van der Waals surface area contributed by atoms with E-state index in [1.165, 1.54) is 0 Å². The van der Waals surface area contributed by atoms with Crippen LogP contribution in [0.3, 0.4) is 0 Å². The molecule has 11 nitrogen and oxygen atoms in total. The van der Waals surface area contributed by atoms with E-state index in [2.05, 4.69) is 33.9 Å². The monoisotopic (exact) mass is 744 g/mol. The van der Waals surface area contributed by atoms with Gasteiger partial charge in [-0.3, -0.25) is 4.79 Å². The third-order valence-electron chi connectivity index (χ3n) is 14.6. The summed E-state index contributed by atoms with van der Waals surface area (Å²) in [6.07, 6.45) is 6.26. The lowest BCUT2D eigenvalue weighted by atomic mass is 9.77. The zero-order valence-corrected chi connectivity index (χ0v) is 32.3. The smallest absolute Gasteiger partial charge is 0.169 e. The van der Waals surface area contributed by atoms with E-state index < -0.39 is 23.6 Å². The quantitative estimate of drug-likeness (QED) is 0.372. The molecule has 298 valence electrons. The third kappa shape index (κ3) is 7.39. The number of ether oxygens (including phenoxy) is 8. The van der Waals surface area contributed by atoms with E-state index in [4.69, 9.17) is 37.9 Å². The van der Waals surface area contributed by atoms with Crippen molar-refractivity contribution in [3.63, 3.8) is 0 Å². The van der Waals surface area contributed by atoms with Gasteiger partial charge in [0.25, 0.3) is 0 Å². The molecule has 53 heavy (non-hydrogen) atoms. The van der Waals surface area contributed by atoms with Gasteiger partial charge in [0.2, 0.25) is 0 Å². The molecule has 11 heteroatoms. The molecular weight excluding hydrogens is 680 g/mol. The average molecular weight is 745 g/mol. The minimum Gasteiger partial charge on any atom is -0.394 e. The standard InChI is InChI=1S/C42H64O11/c1-22-15-28-7-9-32-23(2)16-30(47-32)11-13-42-14-12-37(52-42)41(5)40(46-6)39(53-42)38-33(51-41)10-8-29(49-38)17-26(44)18-31-25(4)34(19-27(45)21-43)50-36(31)20-35(48-28)24(22)3/h22,25,27-40,43,45H,2-3,7-21H2,1,4-6H3/t22-,25-,27+,28+,29-,30+,31?,32?,33+,34-,35?,36+,37+,38+,39+,40+,41+,42+/m1/s1. The van der Waals surface area contributed by atoms with Crippen molar-refractivity contribution < 1.29 is 52.9 Å². The number of aliphatic hydroxyl groups excluding tert-OH is 2. The fourth-order valence-electron chi connectivity index (χ4n) is 11.4. The van der Waals surface area contributed by atoms with Gasteiger partial charge >= 0.3 is 0 Å². The lowest BCUT2D eigenvalue weighted by Crippen LogP contribution is -2.69. The van der Waals surface area contributed by atoms with Gasteiger partial charge in [-0.05, 0) is 87.2 Å². The van der Waals surface area contributed by atoms with Gasteiger partial charge in [-0.25, -0.2) is 0 Å². The number of methoxy groups -OCH3 is 1. The van der Waals surface area contributed by atoms with Crippen LogP contribution in [0.5, 0.6) is 0 Å². The van der Waals surface area contributed by atoms with Crippen molar-refractivity contribution in [1.29, 1.82) is 0 Å². The maximum absolute atomic E-state index is 14.1. The molecule has 10 bridgehead atoms. The lowest BCUT2D eigenvalue weighted by molar-refractivity contribution is -0.318. The van der Waals surface area contributed by atoms with Crippen LogP contribution in [0.4, 0.5) is 0 Å². The van der Waals surface area contributed by atoms with Crippen LogP contribution in [-0.2, 0) is 42.7 Å². The summed E-state index contributed by atoms with van der Waals surface area (Å²) in [6.45, 7) is 15.0. The van der Waals surface area contributed by atoms with Crippen molar-refractivity contribution in [2.75, 3.05) is 13.7 Å². The van der Waals surface area contributed by atoms with E-state index >= 15 is 0 Å². The van der Waals surface area contributed by atoms with Gasteiger partial charge in [-0.1, -0.05) is 27.0 Å². The average Bonchev–Trinajstić information content (AvgIpc) is 3.79. The molecule has 18 atom stereocenters. The molecule has 8 rings (SSSR count). The third-order valence-corrected chi connectivity index (χ3v) is 14.6. The highest BCUT2D eigenvalue weighted by Crippen LogP contribution is 2.53. The largest absolute Gasteiger partial charge is 0.394 e. The molecule has 8 saturated heterocycles. The number of aliphatic hydroxyl groups is 2. The summed E-state index contributed by atoms with van der Waals surface area (Å²) < 4.78 is 54.1. The second kappa shape index (κ2) is 15.3. The minimum atomic E-state index is -0.879. The fourth-order valence-corrected chi connectivity index (χ4v) is 11.4. The van der Waals surface area contributed by atoms with Crippen molar-refractivity contribution >= 4 is 5.78 Å². The Bertz CT molecular complexity index is 1370. The number of fused-ring (bicyclic) bond motifs is 9. The SMILES string of the molecule is C=C1C[C@@H]2CC[C@]34CC[C@H](O3)[C@]3(C)O[C@H]5CC[C@H](CC(=O)CC6[C@H](CC7O[C@@H](CCC1O2)C[C@@H](C)C7=C)O[C@H](C[C@H](O)CO)[C@@H]6C)O[C@@H]5[C@H](O4)[C@@H]3OC. The Morgan fingerprint density at radius 3 is 2.38 bits per heavy atom. The summed E-state index contributed by atoms with van der Waals surface area (Å²) in [5, 5.41) is 20.0. The second-order valence-corrected chi connectivity index (χ2v) is 18.1. The van der Waals surface area contributed by atoms with Gasteiger partial charge in [0.05, 0.1) is 67.6 Å². The Kier molecular flexibility index (Phi) is 11.1. The summed E-state index contributed by atoms with van der Waals surface area (Å²) in [5.41, 5.74) is 1.53. The fraction of sp³-hybridized carbons (Fsp3) is 0.881. The van der Waals surface area contributed by atoms with Crippen molar-refractivity contribution in [2.45, 2.75) is 201 Å². The van der Waals surface area contributed by atoms with E-state index in [9.17, 15) is 15.0 Å². The van der Waals surface area contributed by atoms with Crippen LogP contribution in [0, 0.1) is 17.8 Å². The molecule has 0 aromatic rings. The zero-order chi connectivity index (χ0) is 37.2. The molecule has 1 spiro atoms.